The van der Waals surface area contributed by atoms with Crippen LogP contribution in [-0.2, 0) is 0 Å². The summed E-state index contributed by atoms with van der Waals surface area (Å²) in [6, 6.07) is 5.14. The summed E-state index contributed by atoms with van der Waals surface area (Å²) in [5, 5.41) is 3.99. The van der Waals surface area contributed by atoms with E-state index in [0.29, 0.717) is 17.1 Å². The number of hydrogen-bond acceptors (Lipinski definition) is 5. The Balaban J connectivity index is 1.77. The molecule has 1 aliphatic rings. The van der Waals surface area contributed by atoms with Crippen molar-refractivity contribution < 1.29 is 14.3 Å². The molecule has 2 aromatic rings. The molecule has 5 nitrogen and oxygen atoms in total. The smallest absolute Gasteiger partial charge is 0.251 e. The van der Waals surface area contributed by atoms with Crippen molar-refractivity contribution in [3.63, 3.8) is 0 Å². The first-order valence-electron chi connectivity index (χ1n) is 7.23. The van der Waals surface area contributed by atoms with Gasteiger partial charge in [0.2, 0.25) is 6.79 Å². The molecule has 0 saturated carbocycles. The van der Waals surface area contributed by atoms with E-state index in [1.165, 1.54) is 4.88 Å². The third-order valence-corrected chi connectivity index (χ3v) is 4.88. The number of fused-ring (bicyclic) bond motifs is 1. The molecule has 3 rings (SSSR count). The maximum absolute atomic E-state index is 12.4. The molecule has 6 heteroatoms. The molecule has 0 spiro atoms. The predicted molar refractivity (Wildman–Crippen MR) is 84.7 cm³/mol. The van der Waals surface area contributed by atoms with Crippen molar-refractivity contribution >= 4 is 17.2 Å². The molecule has 2 heterocycles. The molecular formula is C16H18N2O3S. The number of nitrogens with one attached hydrogen (secondary N) is 1. The maximum atomic E-state index is 12.4. The van der Waals surface area contributed by atoms with Crippen molar-refractivity contribution in [1.29, 1.82) is 0 Å². The zero-order valence-electron chi connectivity index (χ0n) is 12.8. The van der Waals surface area contributed by atoms with Crippen LogP contribution in [0.25, 0.3) is 0 Å². The van der Waals surface area contributed by atoms with Crippen molar-refractivity contribution in [2.45, 2.75) is 33.2 Å². The van der Waals surface area contributed by atoms with Gasteiger partial charge in [-0.25, -0.2) is 4.98 Å². The van der Waals surface area contributed by atoms with Gasteiger partial charge in [0.15, 0.2) is 11.5 Å². The van der Waals surface area contributed by atoms with Gasteiger partial charge in [0, 0.05) is 10.4 Å². The summed E-state index contributed by atoms with van der Waals surface area (Å²) in [4.78, 5) is 18.2. The molecule has 1 unspecified atom stereocenters. The summed E-state index contributed by atoms with van der Waals surface area (Å²) in [6.45, 7) is 6.27. The Morgan fingerprint density at radius 1 is 1.36 bits per heavy atom. The van der Waals surface area contributed by atoms with E-state index < -0.39 is 0 Å². The Hall–Kier alpha value is -2.08. The third kappa shape index (κ3) is 2.78. The zero-order chi connectivity index (χ0) is 15.7. The fourth-order valence-corrected chi connectivity index (χ4v) is 3.32. The quantitative estimate of drug-likeness (QED) is 0.939. The van der Waals surface area contributed by atoms with Crippen LogP contribution < -0.4 is 14.8 Å². The second kappa shape index (κ2) is 5.96. The van der Waals surface area contributed by atoms with Gasteiger partial charge in [0.05, 0.1) is 11.7 Å². The Bertz CT molecular complexity index is 692. The van der Waals surface area contributed by atoms with Crippen LogP contribution in [-0.4, -0.2) is 17.7 Å². The molecule has 1 aliphatic heterocycles. The van der Waals surface area contributed by atoms with Crippen LogP contribution in [0.1, 0.15) is 45.3 Å². The van der Waals surface area contributed by atoms with Crippen LogP contribution in [0.5, 0.6) is 11.5 Å². The van der Waals surface area contributed by atoms with E-state index in [1.54, 1.807) is 29.5 Å². The number of nitrogens with zero attached hydrogens (tertiary/aromatic N) is 1. The van der Waals surface area contributed by atoms with E-state index in [-0.39, 0.29) is 18.7 Å². The van der Waals surface area contributed by atoms with Gasteiger partial charge in [-0.05, 0) is 38.5 Å². The van der Waals surface area contributed by atoms with Crippen LogP contribution >= 0.6 is 11.3 Å². The lowest BCUT2D eigenvalue weighted by molar-refractivity contribution is 0.0935. The minimum Gasteiger partial charge on any atom is -0.454 e. The third-order valence-electron chi connectivity index (χ3n) is 3.69. The van der Waals surface area contributed by atoms with Crippen LogP contribution in [0.2, 0.25) is 0 Å². The van der Waals surface area contributed by atoms with E-state index >= 15 is 0 Å². The number of rotatable bonds is 4. The van der Waals surface area contributed by atoms with Gasteiger partial charge in [-0.2, -0.15) is 0 Å². The van der Waals surface area contributed by atoms with Crippen molar-refractivity contribution in [2.75, 3.05) is 6.79 Å². The second-order valence-electron chi connectivity index (χ2n) is 5.20. The number of hydrogen-bond donors (Lipinski definition) is 1. The van der Waals surface area contributed by atoms with Gasteiger partial charge in [0.1, 0.15) is 5.01 Å². The van der Waals surface area contributed by atoms with Gasteiger partial charge in [-0.15, -0.1) is 11.3 Å². The summed E-state index contributed by atoms with van der Waals surface area (Å²) < 4.78 is 10.6. The summed E-state index contributed by atoms with van der Waals surface area (Å²) >= 11 is 1.63. The number of carbonyl (C=O) groups is 1. The molecule has 22 heavy (non-hydrogen) atoms. The van der Waals surface area contributed by atoms with Crippen molar-refractivity contribution in [3.05, 3.63) is 39.3 Å². The Kier molecular flexibility index (Phi) is 4.02. The van der Waals surface area contributed by atoms with Gasteiger partial charge in [0.25, 0.3) is 5.91 Å². The summed E-state index contributed by atoms with van der Waals surface area (Å²) in [5.74, 6) is 1.16. The Morgan fingerprint density at radius 2 is 2.14 bits per heavy atom. The largest absolute Gasteiger partial charge is 0.454 e. The Labute approximate surface area is 133 Å². The standard InChI is InChI=1S/C16H18N2O3S/c1-4-12(16-17-9(2)10(3)22-16)18-15(19)11-5-6-13-14(7-11)21-8-20-13/h5-7,12H,4,8H2,1-3H3,(H,18,19). The van der Waals surface area contributed by atoms with Crippen molar-refractivity contribution in [2.24, 2.45) is 0 Å². The normalized spacial score (nSPS) is 14.0. The van der Waals surface area contributed by atoms with E-state index in [0.717, 1.165) is 17.1 Å². The highest BCUT2D eigenvalue weighted by Crippen LogP contribution is 2.33. The highest BCUT2D eigenvalue weighted by atomic mass is 32.1. The van der Waals surface area contributed by atoms with Crippen LogP contribution in [0, 0.1) is 13.8 Å². The molecule has 0 saturated heterocycles. The average molecular weight is 318 g/mol. The molecule has 0 bridgehead atoms. The van der Waals surface area contributed by atoms with Crippen LogP contribution in [0.4, 0.5) is 0 Å². The van der Waals surface area contributed by atoms with E-state index in [1.807, 2.05) is 20.8 Å². The lowest BCUT2D eigenvalue weighted by Gasteiger charge is -2.14. The van der Waals surface area contributed by atoms with Crippen molar-refractivity contribution in [1.82, 2.24) is 10.3 Å². The molecule has 0 radical (unpaired) electrons. The number of ether oxygens (including phenoxy) is 2. The van der Waals surface area contributed by atoms with E-state index in [9.17, 15) is 4.79 Å². The predicted octanol–water partition coefficient (Wildman–Crippen LogP) is 3.37. The molecule has 0 aliphatic carbocycles. The van der Waals surface area contributed by atoms with E-state index in [4.69, 9.17) is 9.47 Å². The molecule has 1 aromatic carbocycles. The van der Waals surface area contributed by atoms with Crippen LogP contribution in [0.3, 0.4) is 0 Å². The second-order valence-corrected chi connectivity index (χ2v) is 6.43. The minimum absolute atomic E-state index is 0.0738. The molecule has 1 atom stereocenters. The number of aromatic nitrogens is 1. The highest BCUT2D eigenvalue weighted by Gasteiger charge is 2.20. The highest BCUT2D eigenvalue weighted by molar-refractivity contribution is 7.11. The topological polar surface area (TPSA) is 60.5 Å². The average Bonchev–Trinajstić information content (AvgIpc) is 3.10. The fraction of sp³-hybridized carbons (Fsp3) is 0.375. The molecule has 1 aromatic heterocycles. The van der Waals surface area contributed by atoms with Gasteiger partial charge in [-0.3, -0.25) is 4.79 Å². The van der Waals surface area contributed by atoms with Gasteiger partial charge < -0.3 is 14.8 Å². The number of amides is 1. The van der Waals surface area contributed by atoms with Gasteiger partial charge in [-0.1, -0.05) is 6.92 Å². The van der Waals surface area contributed by atoms with Crippen LogP contribution in [0.15, 0.2) is 18.2 Å². The Morgan fingerprint density at radius 3 is 2.82 bits per heavy atom. The number of thiazole rings is 1. The lowest BCUT2D eigenvalue weighted by atomic mass is 10.1. The first kappa shape index (κ1) is 14.8. The number of carbonyl (C=O) groups excluding carboxylic acids is 1. The summed E-state index contributed by atoms with van der Waals surface area (Å²) in [5.41, 5.74) is 1.59. The lowest BCUT2D eigenvalue weighted by Crippen LogP contribution is -2.28. The number of aryl methyl sites for hydroxylation is 2. The fourth-order valence-electron chi connectivity index (χ4n) is 2.26. The summed E-state index contributed by atoms with van der Waals surface area (Å²) in [7, 11) is 0. The first-order valence-corrected chi connectivity index (χ1v) is 8.04. The molecule has 1 amide bonds. The monoisotopic (exact) mass is 318 g/mol. The maximum Gasteiger partial charge on any atom is 0.251 e. The zero-order valence-corrected chi connectivity index (χ0v) is 13.6. The molecule has 1 N–H and O–H groups in total. The number of benzene rings is 1. The summed E-state index contributed by atoms with van der Waals surface area (Å²) in [6.07, 6.45) is 0.794. The molecule has 0 fully saturated rings. The van der Waals surface area contributed by atoms with Gasteiger partial charge >= 0.3 is 0 Å². The minimum atomic E-state index is -0.129. The SMILES string of the molecule is CCC(NC(=O)c1ccc2c(c1)OCO2)c1nc(C)c(C)s1. The van der Waals surface area contributed by atoms with Crippen molar-refractivity contribution in [3.8, 4) is 11.5 Å². The first-order chi connectivity index (χ1) is 10.6. The molecular weight excluding hydrogens is 300 g/mol. The molecule has 116 valence electrons. The van der Waals surface area contributed by atoms with E-state index in [2.05, 4.69) is 10.3 Å².